The molecule has 0 saturated carbocycles. The molecule has 0 aromatic heterocycles. The zero-order chi connectivity index (χ0) is 25.2. The number of Topliss-reactive ketones (excluding diaryl/α,β-unsaturated/α-hetero) is 1. The molecule has 4 nitrogen and oxygen atoms in total. The third-order valence-electron chi connectivity index (χ3n) is 6.83. The lowest BCUT2D eigenvalue weighted by atomic mass is 9.78. The molecule has 1 aliphatic carbocycles. The third kappa shape index (κ3) is 3.89. The topological polar surface area (TPSA) is 49.5 Å². The standard InChI is InChI=1S/C30H35NO3/c1-28(2,3)24-15-18(16-25(34-24)29(4,5)6)14-19-26(32)20(27(19)33)17-23-30(7,8)21-12-10-11-13-22(21)31(23)9/h10-17H,1-9H3/p+1. The maximum absolute atomic E-state index is 13.1. The van der Waals surface area contributed by atoms with Gasteiger partial charge in [-0.25, -0.2) is 0 Å². The van der Waals surface area contributed by atoms with E-state index in [4.69, 9.17) is 4.74 Å². The lowest BCUT2D eigenvalue weighted by Gasteiger charge is -2.33. The average molecular weight is 459 g/mol. The van der Waals surface area contributed by atoms with Crippen LogP contribution in [0, 0.1) is 10.8 Å². The Labute approximate surface area is 203 Å². The number of hydrogen-bond acceptors (Lipinski definition) is 3. The van der Waals surface area contributed by atoms with Crippen LogP contribution in [0.15, 0.2) is 82.6 Å². The van der Waals surface area contributed by atoms with Crippen molar-refractivity contribution in [3.8, 4) is 0 Å². The van der Waals surface area contributed by atoms with E-state index >= 15 is 0 Å². The SMILES string of the molecule is C[N+]1=C(C=C2C(=O)C(C=C3C=C(C(C)(C)C)OC(C(C)(C)C)=C3)=C2O)C(C)(C)c2ccccc21. The zero-order valence-corrected chi connectivity index (χ0v) is 21.8. The number of hydrogen-bond donors (Lipinski definition) is 1. The molecule has 178 valence electrons. The summed E-state index contributed by atoms with van der Waals surface area (Å²) in [5.74, 6) is 1.60. The third-order valence-corrected chi connectivity index (χ3v) is 6.83. The number of fused-ring (bicyclic) bond motifs is 1. The molecule has 0 spiro atoms. The fourth-order valence-electron chi connectivity index (χ4n) is 4.62. The first-order chi connectivity index (χ1) is 15.6. The lowest BCUT2D eigenvalue weighted by Crippen LogP contribution is -2.30. The molecule has 4 rings (SSSR count). The van der Waals surface area contributed by atoms with E-state index in [0.717, 1.165) is 28.5 Å². The highest BCUT2D eigenvalue weighted by molar-refractivity contribution is 6.24. The van der Waals surface area contributed by atoms with Crippen LogP contribution in [0.2, 0.25) is 0 Å². The van der Waals surface area contributed by atoms with Crippen LogP contribution in [-0.4, -0.2) is 28.2 Å². The van der Waals surface area contributed by atoms with Gasteiger partial charge >= 0.3 is 0 Å². The molecule has 0 radical (unpaired) electrons. The van der Waals surface area contributed by atoms with Gasteiger partial charge in [0.05, 0.1) is 16.6 Å². The van der Waals surface area contributed by atoms with Gasteiger partial charge in [0.1, 0.15) is 24.3 Å². The monoisotopic (exact) mass is 458 g/mol. The molecule has 0 saturated heterocycles. The van der Waals surface area contributed by atoms with Gasteiger partial charge < -0.3 is 9.84 Å². The van der Waals surface area contributed by atoms with Gasteiger partial charge in [0.25, 0.3) is 0 Å². The Morgan fingerprint density at radius 3 is 2.00 bits per heavy atom. The smallest absolute Gasteiger partial charge is 0.209 e. The van der Waals surface area contributed by atoms with Crippen molar-refractivity contribution < 1.29 is 19.2 Å². The van der Waals surface area contributed by atoms with Gasteiger partial charge in [-0.05, 0) is 37.6 Å². The summed E-state index contributed by atoms with van der Waals surface area (Å²) in [4.78, 5) is 13.1. The number of carbonyl (C=O) groups excluding carboxylic acids is 1. The number of allylic oxidation sites excluding steroid dienone is 9. The van der Waals surface area contributed by atoms with E-state index in [0.29, 0.717) is 11.1 Å². The second-order valence-corrected chi connectivity index (χ2v) is 12.0. The number of benzene rings is 1. The Balaban J connectivity index is 1.75. The summed E-state index contributed by atoms with van der Waals surface area (Å²) in [6, 6.07) is 8.26. The Morgan fingerprint density at radius 2 is 1.50 bits per heavy atom. The van der Waals surface area contributed by atoms with E-state index < -0.39 is 0 Å². The summed E-state index contributed by atoms with van der Waals surface area (Å²) in [5, 5.41) is 10.9. The quantitative estimate of drug-likeness (QED) is 0.390. The minimum absolute atomic E-state index is 0.0491. The molecule has 34 heavy (non-hydrogen) atoms. The first-order valence-electron chi connectivity index (χ1n) is 11.9. The Bertz CT molecular complexity index is 1250. The summed E-state index contributed by atoms with van der Waals surface area (Å²) in [6.07, 6.45) is 7.54. The number of ketones is 1. The van der Waals surface area contributed by atoms with Crippen LogP contribution < -0.4 is 0 Å². The molecule has 1 aromatic carbocycles. The van der Waals surface area contributed by atoms with Crippen molar-refractivity contribution in [3.05, 3.63) is 88.1 Å². The minimum Gasteiger partial charge on any atom is -0.506 e. The molecule has 0 bridgehead atoms. The second-order valence-electron chi connectivity index (χ2n) is 12.0. The van der Waals surface area contributed by atoms with Crippen LogP contribution in [0.1, 0.15) is 61.0 Å². The Hall–Kier alpha value is -3.14. The minimum atomic E-state index is -0.261. The first kappa shape index (κ1) is 24.0. The Kier molecular flexibility index (Phi) is 5.43. The number of para-hydroxylation sites is 1. The molecule has 1 N–H and O–H groups in total. The van der Waals surface area contributed by atoms with E-state index in [-0.39, 0.29) is 27.8 Å². The molecule has 2 heterocycles. The average Bonchev–Trinajstić information content (AvgIpc) is 2.94. The van der Waals surface area contributed by atoms with E-state index in [1.165, 1.54) is 5.56 Å². The lowest BCUT2D eigenvalue weighted by molar-refractivity contribution is -0.401. The Morgan fingerprint density at radius 1 is 0.941 bits per heavy atom. The van der Waals surface area contributed by atoms with Crippen LogP contribution in [-0.2, 0) is 14.9 Å². The summed E-state index contributed by atoms with van der Waals surface area (Å²) >= 11 is 0. The fraction of sp³-hybridized carbons (Fsp3) is 0.400. The fourth-order valence-corrected chi connectivity index (χ4v) is 4.62. The number of aliphatic hydroxyl groups excluding tert-OH is 1. The zero-order valence-electron chi connectivity index (χ0n) is 21.8. The number of carbonyl (C=O) groups is 1. The predicted octanol–water partition coefficient (Wildman–Crippen LogP) is 6.83. The number of rotatable bonds is 2. The maximum atomic E-state index is 13.1. The van der Waals surface area contributed by atoms with Crippen molar-refractivity contribution in [3.63, 3.8) is 0 Å². The van der Waals surface area contributed by atoms with Crippen LogP contribution in [0.5, 0.6) is 0 Å². The van der Waals surface area contributed by atoms with Gasteiger partial charge in [-0.1, -0.05) is 59.7 Å². The second kappa shape index (κ2) is 7.69. The van der Waals surface area contributed by atoms with Crippen molar-refractivity contribution in [2.75, 3.05) is 7.05 Å². The highest BCUT2D eigenvalue weighted by Gasteiger charge is 2.45. The largest absolute Gasteiger partial charge is 0.506 e. The van der Waals surface area contributed by atoms with E-state index in [9.17, 15) is 9.90 Å². The molecular weight excluding hydrogens is 422 g/mol. The van der Waals surface area contributed by atoms with E-state index in [1.54, 1.807) is 6.08 Å². The molecule has 2 aliphatic heterocycles. The predicted molar refractivity (Wildman–Crippen MR) is 137 cm³/mol. The van der Waals surface area contributed by atoms with Crippen LogP contribution >= 0.6 is 0 Å². The molecule has 1 aromatic rings. The first-order valence-corrected chi connectivity index (χ1v) is 11.9. The van der Waals surface area contributed by atoms with Crippen molar-refractivity contribution >= 4 is 17.2 Å². The van der Waals surface area contributed by atoms with E-state index in [1.807, 2.05) is 37.4 Å². The summed E-state index contributed by atoms with van der Waals surface area (Å²) in [5.41, 5.74) is 4.26. The summed E-state index contributed by atoms with van der Waals surface area (Å²) in [6.45, 7) is 16.9. The highest BCUT2D eigenvalue weighted by Crippen LogP contribution is 2.42. The van der Waals surface area contributed by atoms with Crippen LogP contribution in [0.25, 0.3) is 0 Å². The highest BCUT2D eigenvalue weighted by atomic mass is 16.5. The molecule has 4 heteroatoms. The van der Waals surface area contributed by atoms with Gasteiger partial charge in [-0.3, -0.25) is 4.79 Å². The van der Waals surface area contributed by atoms with Crippen molar-refractivity contribution in [1.82, 2.24) is 0 Å². The number of aliphatic hydroxyl groups is 1. The van der Waals surface area contributed by atoms with E-state index in [2.05, 4.69) is 72.1 Å². The van der Waals surface area contributed by atoms with Gasteiger partial charge in [0.2, 0.25) is 11.5 Å². The number of nitrogens with zero attached hydrogens (tertiary/aromatic N) is 1. The molecule has 0 amide bonds. The summed E-state index contributed by atoms with van der Waals surface area (Å²) in [7, 11) is 2.01. The van der Waals surface area contributed by atoms with Gasteiger partial charge in [-0.2, -0.15) is 4.58 Å². The maximum Gasteiger partial charge on any atom is 0.209 e. The van der Waals surface area contributed by atoms with Gasteiger partial charge in [0.15, 0.2) is 5.71 Å². The molecule has 0 fully saturated rings. The van der Waals surface area contributed by atoms with Gasteiger partial charge in [-0.15, -0.1) is 0 Å². The molecule has 0 unspecified atom stereocenters. The van der Waals surface area contributed by atoms with Crippen LogP contribution in [0.3, 0.4) is 0 Å². The normalized spacial score (nSPS) is 21.3. The molecule has 3 aliphatic rings. The van der Waals surface area contributed by atoms with Crippen molar-refractivity contribution in [2.24, 2.45) is 10.8 Å². The van der Waals surface area contributed by atoms with Crippen molar-refractivity contribution in [2.45, 2.75) is 60.8 Å². The van der Waals surface area contributed by atoms with Gasteiger partial charge in [0, 0.05) is 28.5 Å². The van der Waals surface area contributed by atoms with Crippen molar-refractivity contribution in [1.29, 1.82) is 0 Å². The summed E-state index contributed by atoms with van der Waals surface area (Å²) < 4.78 is 8.31. The number of ether oxygens (including phenoxy) is 1. The molecule has 0 atom stereocenters. The van der Waals surface area contributed by atoms with Crippen LogP contribution in [0.4, 0.5) is 5.69 Å². The molecular formula is C30H36NO3+.